The minimum absolute atomic E-state index is 0.687. The lowest BCUT2D eigenvalue weighted by Gasteiger charge is -2.32. The van der Waals surface area contributed by atoms with Crippen molar-refractivity contribution in [3.05, 3.63) is 22.4 Å². The highest BCUT2D eigenvalue weighted by Crippen LogP contribution is 2.12. The van der Waals surface area contributed by atoms with Crippen LogP contribution in [-0.4, -0.2) is 37.1 Å². The molecule has 0 spiro atoms. The van der Waals surface area contributed by atoms with E-state index in [2.05, 4.69) is 34.0 Å². The summed E-state index contributed by atoms with van der Waals surface area (Å²) in [6.07, 6.45) is 1.20. The van der Waals surface area contributed by atoms with E-state index in [0.29, 0.717) is 6.04 Å². The van der Waals surface area contributed by atoms with Gasteiger partial charge in [-0.05, 0) is 35.7 Å². The summed E-state index contributed by atoms with van der Waals surface area (Å²) in [5.74, 6) is 0. The first kappa shape index (κ1) is 10.1. The van der Waals surface area contributed by atoms with Gasteiger partial charge in [0.1, 0.15) is 0 Å². The molecule has 1 aliphatic rings. The third kappa shape index (κ3) is 2.56. The summed E-state index contributed by atoms with van der Waals surface area (Å²) >= 11 is 1.80. The van der Waals surface area contributed by atoms with Gasteiger partial charge < -0.3 is 5.32 Å². The van der Waals surface area contributed by atoms with Crippen molar-refractivity contribution >= 4 is 11.3 Å². The summed E-state index contributed by atoms with van der Waals surface area (Å²) in [4.78, 5) is 2.58. The molecule has 2 nitrogen and oxygen atoms in total. The van der Waals surface area contributed by atoms with Crippen LogP contribution in [0.4, 0.5) is 0 Å². The second kappa shape index (κ2) is 4.91. The van der Waals surface area contributed by atoms with E-state index in [1.807, 2.05) is 0 Å². The monoisotopic (exact) mass is 210 g/mol. The number of hydrogen-bond donors (Lipinski definition) is 1. The predicted octanol–water partition coefficient (Wildman–Crippen LogP) is 1.58. The van der Waals surface area contributed by atoms with Crippen molar-refractivity contribution in [2.24, 2.45) is 0 Å². The minimum Gasteiger partial charge on any atom is -0.314 e. The second-order valence-corrected chi connectivity index (χ2v) is 4.75. The number of rotatable bonds is 3. The van der Waals surface area contributed by atoms with Gasteiger partial charge in [-0.2, -0.15) is 11.3 Å². The largest absolute Gasteiger partial charge is 0.314 e. The maximum atomic E-state index is 3.39. The Morgan fingerprint density at radius 1 is 1.50 bits per heavy atom. The molecule has 2 rings (SSSR count). The molecular formula is C11H18N2S. The van der Waals surface area contributed by atoms with Crippen LogP contribution >= 0.6 is 11.3 Å². The van der Waals surface area contributed by atoms with Gasteiger partial charge in [0.25, 0.3) is 0 Å². The Morgan fingerprint density at radius 2 is 2.29 bits per heavy atom. The minimum atomic E-state index is 0.687. The molecule has 0 saturated carbocycles. The number of nitrogens with one attached hydrogen (secondary N) is 1. The molecule has 0 radical (unpaired) electrons. The zero-order valence-corrected chi connectivity index (χ0v) is 9.52. The predicted molar refractivity (Wildman–Crippen MR) is 61.9 cm³/mol. The van der Waals surface area contributed by atoms with Gasteiger partial charge in [0.15, 0.2) is 0 Å². The Kier molecular flexibility index (Phi) is 3.56. The third-order valence-electron chi connectivity index (χ3n) is 2.89. The van der Waals surface area contributed by atoms with Crippen molar-refractivity contribution < 1.29 is 0 Å². The first-order valence-electron chi connectivity index (χ1n) is 5.32. The molecule has 1 saturated heterocycles. The van der Waals surface area contributed by atoms with Crippen molar-refractivity contribution in [1.82, 2.24) is 10.2 Å². The maximum Gasteiger partial charge on any atom is 0.0110 e. The zero-order chi connectivity index (χ0) is 9.80. The van der Waals surface area contributed by atoms with Gasteiger partial charge >= 0.3 is 0 Å². The molecule has 1 aromatic rings. The summed E-state index contributed by atoms with van der Waals surface area (Å²) in [5.41, 5.74) is 1.49. The van der Waals surface area contributed by atoms with Crippen LogP contribution in [0.5, 0.6) is 0 Å². The molecule has 1 unspecified atom stereocenters. The molecule has 1 aliphatic heterocycles. The van der Waals surface area contributed by atoms with Crippen molar-refractivity contribution in [3.8, 4) is 0 Å². The van der Waals surface area contributed by atoms with Crippen LogP contribution in [0, 0.1) is 0 Å². The highest BCUT2D eigenvalue weighted by atomic mass is 32.1. The Labute approximate surface area is 89.9 Å². The lowest BCUT2D eigenvalue weighted by Crippen LogP contribution is -2.48. The molecule has 14 heavy (non-hydrogen) atoms. The van der Waals surface area contributed by atoms with Crippen molar-refractivity contribution in [2.75, 3.05) is 26.2 Å². The van der Waals surface area contributed by atoms with Crippen LogP contribution in [0.3, 0.4) is 0 Å². The van der Waals surface area contributed by atoms with Gasteiger partial charge in [-0.1, -0.05) is 0 Å². The van der Waals surface area contributed by atoms with Crippen molar-refractivity contribution in [2.45, 2.75) is 19.4 Å². The topological polar surface area (TPSA) is 15.3 Å². The normalized spacial score (nSPS) is 20.9. The van der Waals surface area contributed by atoms with E-state index in [0.717, 1.165) is 13.1 Å². The summed E-state index contributed by atoms with van der Waals surface area (Å²) in [6.45, 7) is 7.03. The molecular weight excluding hydrogens is 192 g/mol. The first-order valence-corrected chi connectivity index (χ1v) is 6.26. The smallest absolute Gasteiger partial charge is 0.0110 e. The fourth-order valence-electron chi connectivity index (χ4n) is 2.00. The van der Waals surface area contributed by atoms with Crippen LogP contribution in [-0.2, 0) is 6.42 Å². The van der Waals surface area contributed by atoms with E-state index in [1.165, 1.54) is 25.1 Å². The number of hydrogen-bond acceptors (Lipinski definition) is 3. The number of nitrogens with zero attached hydrogens (tertiary/aromatic N) is 1. The van der Waals surface area contributed by atoms with E-state index in [9.17, 15) is 0 Å². The maximum absolute atomic E-state index is 3.39. The lowest BCUT2D eigenvalue weighted by molar-refractivity contribution is 0.183. The molecule has 0 aromatic carbocycles. The van der Waals surface area contributed by atoms with Crippen LogP contribution in [0.1, 0.15) is 12.5 Å². The van der Waals surface area contributed by atoms with Gasteiger partial charge in [0.2, 0.25) is 0 Å². The summed E-state index contributed by atoms with van der Waals surface area (Å²) in [6, 6.07) is 2.93. The van der Waals surface area contributed by atoms with E-state index in [4.69, 9.17) is 0 Å². The number of piperazine rings is 1. The molecule has 0 amide bonds. The fourth-order valence-corrected chi connectivity index (χ4v) is 2.68. The van der Waals surface area contributed by atoms with Crippen LogP contribution in [0.2, 0.25) is 0 Å². The summed E-state index contributed by atoms with van der Waals surface area (Å²) in [5, 5.41) is 7.82. The quantitative estimate of drug-likeness (QED) is 0.815. The molecule has 2 heterocycles. The molecule has 1 fully saturated rings. The van der Waals surface area contributed by atoms with Gasteiger partial charge in [0.05, 0.1) is 0 Å². The third-order valence-corrected chi connectivity index (χ3v) is 3.62. The molecule has 78 valence electrons. The molecule has 3 heteroatoms. The number of thiophene rings is 1. The average Bonchev–Trinajstić information content (AvgIpc) is 2.72. The van der Waals surface area contributed by atoms with Crippen LogP contribution in [0.25, 0.3) is 0 Å². The molecule has 1 aromatic heterocycles. The highest BCUT2D eigenvalue weighted by Gasteiger charge is 2.16. The molecule has 1 N–H and O–H groups in total. The van der Waals surface area contributed by atoms with Crippen LogP contribution < -0.4 is 5.32 Å². The highest BCUT2D eigenvalue weighted by molar-refractivity contribution is 7.07. The van der Waals surface area contributed by atoms with Gasteiger partial charge in [0, 0.05) is 32.2 Å². The Hall–Kier alpha value is -0.380. The van der Waals surface area contributed by atoms with Gasteiger partial charge in [-0.15, -0.1) is 0 Å². The molecule has 0 aliphatic carbocycles. The van der Waals surface area contributed by atoms with Gasteiger partial charge in [-0.25, -0.2) is 0 Å². The van der Waals surface area contributed by atoms with E-state index in [1.54, 1.807) is 11.3 Å². The first-order chi connectivity index (χ1) is 6.86. The van der Waals surface area contributed by atoms with Crippen molar-refractivity contribution in [1.29, 1.82) is 0 Å². The Balaban J connectivity index is 1.85. The summed E-state index contributed by atoms with van der Waals surface area (Å²) in [7, 11) is 0. The van der Waals surface area contributed by atoms with E-state index < -0.39 is 0 Å². The summed E-state index contributed by atoms with van der Waals surface area (Å²) < 4.78 is 0. The average molecular weight is 210 g/mol. The SMILES string of the molecule is CC(Cc1ccsc1)N1CCNCC1. The van der Waals surface area contributed by atoms with E-state index in [-0.39, 0.29) is 0 Å². The molecule has 1 atom stereocenters. The van der Waals surface area contributed by atoms with Crippen molar-refractivity contribution in [3.63, 3.8) is 0 Å². The zero-order valence-electron chi connectivity index (χ0n) is 8.70. The second-order valence-electron chi connectivity index (χ2n) is 3.97. The fraction of sp³-hybridized carbons (Fsp3) is 0.636. The Bertz CT molecular complexity index is 252. The Morgan fingerprint density at radius 3 is 2.93 bits per heavy atom. The lowest BCUT2D eigenvalue weighted by atomic mass is 10.1. The van der Waals surface area contributed by atoms with Gasteiger partial charge in [-0.3, -0.25) is 4.90 Å². The standard InChI is InChI=1S/C11H18N2S/c1-10(8-11-2-7-14-9-11)13-5-3-12-4-6-13/h2,7,9-10,12H,3-6,8H2,1H3. The van der Waals surface area contributed by atoms with Crippen LogP contribution in [0.15, 0.2) is 16.8 Å². The van der Waals surface area contributed by atoms with E-state index >= 15 is 0 Å². The molecule has 0 bridgehead atoms.